The van der Waals surface area contributed by atoms with Gasteiger partial charge in [-0.05, 0) is 37.4 Å². The highest BCUT2D eigenvalue weighted by molar-refractivity contribution is 5.28. The van der Waals surface area contributed by atoms with Crippen molar-refractivity contribution in [2.45, 2.75) is 32.4 Å². The number of benzene rings is 1. The highest BCUT2D eigenvalue weighted by atomic mass is 15.2. The highest BCUT2D eigenvalue weighted by Crippen LogP contribution is 2.19. The second-order valence-electron chi connectivity index (χ2n) is 4.43. The van der Waals surface area contributed by atoms with Gasteiger partial charge in [-0.2, -0.15) is 0 Å². The third kappa shape index (κ3) is 2.39. The van der Waals surface area contributed by atoms with Gasteiger partial charge >= 0.3 is 0 Å². The maximum absolute atomic E-state index is 5.73. The zero-order valence-corrected chi connectivity index (χ0v) is 9.45. The van der Waals surface area contributed by atoms with Gasteiger partial charge in [-0.3, -0.25) is 4.90 Å². The molecule has 1 aromatic rings. The molecule has 2 heteroatoms. The summed E-state index contributed by atoms with van der Waals surface area (Å²) in [6.07, 6.45) is 2.46. The highest BCUT2D eigenvalue weighted by Gasteiger charge is 2.17. The van der Waals surface area contributed by atoms with Gasteiger partial charge in [0.15, 0.2) is 0 Å². The average Bonchev–Trinajstić information content (AvgIpc) is 2.49. The molecule has 0 aromatic heterocycles. The fraction of sp³-hybridized carbons (Fsp3) is 0.538. The van der Waals surface area contributed by atoms with Crippen LogP contribution in [0.5, 0.6) is 0 Å². The molecule has 1 aliphatic rings. The van der Waals surface area contributed by atoms with E-state index < -0.39 is 0 Å². The normalized spacial score (nSPS) is 19.3. The number of rotatable bonds is 2. The average molecular weight is 204 g/mol. The summed E-state index contributed by atoms with van der Waals surface area (Å²) in [5.74, 6) is 0. The van der Waals surface area contributed by atoms with E-state index in [2.05, 4.69) is 36.1 Å². The Labute approximate surface area is 92.1 Å². The largest absolute Gasteiger partial charge is 0.329 e. The van der Waals surface area contributed by atoms with E-state index in [1.54, 1.807) is 0 Å². The second-order valence-corrected chi connectivity index (χ2v) is 4.43. The molecule has 1 aliphatic heterocycles. The molecule has 1 atom stereocenters. The third-order valence-corrected chi connectivity index (χ3v) is 3.35. The maximum atomic E-state index is 5.73. The van der Waals surface area contributed by atoms with Crippen LogP contribution in [0.25, 0.3) is 0 Å². The van der Waals surface area contributed by atoms with Gasteiger partial charge in [0, 0.05) is 19.1 Å². The van der Waals surface area contributed by atoms with Gasteiger partial charge in [-0.25, -0.2) is 0 Å². The van der Waals surface area contributed by atoms with Gasteiger partial charge in [-0.15, -0.1) is 0 Å². The molecule has 0 spiro atoms. The van der Waals surface area contributed by atoms with Crippen molar-refractivity contribution in [1.82, 2.24) is 4.90 Å². The molecule has 1 heterocycles. The smallest absolute Gasteiger partial charge is 0.0239 e. The van der Waals surface area contributed by atoms with Gasteiger partial charge in [-0.1, -0.05) is 24.3 Å². The Morgan fingerprint density at radius 1 is 1.33 bits per heavy atom. The van der Waals surface area contributed by atoms with Gasteiger partial charge in [0.1, 0.15) is 0 Å². The molecule has 2 rings (SSSR count). The van der Waals surface area contributed by atoms with E-state index in [4.69, 9.17) is 5.73 Å². The molecule has 0 fully saturated rings. The topological polar surface area (TPSA) is 29.3 Å². The molecule has 0 amide bonds. The quantitative estimate of drug-likeness (QED) is 0.795. The van der Waals surface area contributed by atoms with E-state index >= 15 is 0 Å². The molecule has 82 valence electrons. The molecule has 1 unspecified atom stereocenters. The molecule has 0 radical (unpaired) electrons. The summed E-state index contributed by atoms with van der Waals surface area (Å²) in [4.78, 5) is 2.49. The second kappa shape index (κ2) is 4.77. The van der Waals surface area contributed by atoms with Crippen molar-refractivity contribution in [2.24, 2.45) is 5.73 Å². The number of hydrogen-bond acceptors (Lipinski definition) is 2. The van der Waals surface area contributed by atoms with Crippen LogP contribution in [0, 0.1) is 0 Å². The number of fused-ring (bicyclic) bond motifs is 1. The first kappa shape index (κ1) is 10.7. The SMILES string of the molecule is CC(CN)N1CCCc2ccccc2C1. The molecule has 15 heavy (non-hydrogen) atoms. The van der Waals surface area contributed by atoms with Crippen molar-refractivity contribution in [2.75, 3.05) is 13.1 Å². The summed E-state index contributed by atoms with van der Waals surface area (Å²) in [6, 6.07) is 9.27. The Hall–Kier alpha value is -0.860. The minimum Gasteiger partial charge on any atom is -0.329 e. The molecule has 0 aliphatic carbocycles. The standard InChI is InChI=1S/C13H20N2/c1-11(9-14)15-8-4-7-12-5-2-3-6-13(12)10-15/h2-3,5-6,11H,4,7-10,14H2,1H3. The maximum Gasteiger partial charge on any atom is 0.0239 e. The van der Waals surface area contributed by atoms with E-state index in [1.165, 1.54) is 30.5 Å². The molecule has 1 aromatic carbocycles. The van der Waals surface area contributed by atoms with Crippen LogP contribution in [0.15, 0.2) is 24.3 Å². The van der Waals surface area contributed by atoms with Crippen LogP contribution >= 0.6 is 0 Å². The summed E-state index contributed by atoms with van der Waals surface area (Å²) in [5, 5.41) is 0. The van der Waals surface area contributed by atoms with Crippen LogP contribution in [0.1, 0.15) is 24.5 Å². The third-order valence-electron chi connectivity index (χ3n) is 3.35. The van der Waals surface area contributed by atoms with E-state index in [0.717, 1.165) is 13.1 Å². The Balaban J connectivity index is 2.17. The number of hydrogen-bond donors (Lipinski definition) is 1. The van der Waals surface area contributed by atoms with Gasteiger partial charge in [0.05, 0.1) is 0 Å². The first-order valence-corrected chi connectivity index (χ1v) is 5.82. The first-order chi connectivity index (χ1) is 7.31. The lowest BCUT2D eigenvalue weighted by atomic mass is 10.0. The van der Waals surface area contributed by atoms with Gasteiger partial charge in [0.25, 0.3) is 0 Å². The van der Waals surface area contributed by atoms with Crippen molar-refractivity contribution in [1.29, 1.82) is 0 Å². The zero-order valence-electron chi connectivity index (χ0n) is 9.45. The molecule has 2 nitrogen and oxygen atoms in total. The molecular formula is C13H20N2. The van der Waals surface area contributed by atoms with Crippen LogP contribution < -0.4 is 5.73 Å². The van der Waals surface area contributed by atoms with Crippen LogP contribution in [0.2, 0.25) is 0 Å². The zero-order chi connectivity index (χ0) is 10.7. The summed E-state index contributed by atoms with van der Waals surface area (Å²) >= 11 is 0. The predicted octanol–water partition coefficient (Wildman–Crippen LogP) is 1.78. The van der Waals surface area contributed by atoms with E-state index in [0.29, 0.717) is 6.04 Å². The van der Waals surface area contributed by atoms with Crippen LogP contribution in [0.4, 0.5) is 0 Å². The number of nitrogens with zero attached hydrogens (tertiary/aromatic N) is 1. The fourth-order valence-corrected chi connectivity index (χ4v) is 2.25. The van der Waals surface area contributed by atoms with Crippen LogP contribution in [-0.2, 0) is 13.0 Å². The Bertz CT molecular complexity index is 322. The van der Waals surface area contributed by atoms with E-state index in [1.807, 2.05) is 0 Å². The summed E-state index contributed by atoms with van der Waals surface area (Å²) < 4.78 is 0. The Morgan fingerprint density at radius 3 is 2.80 bits per heavy atom. The molecular weight excluding hydrogens is 184 g/mol. The predicted molar refractivity (Wildman–Crippen MR) is 63.7 cm³/mol. The molecule has 2 N–H and O–H groups in total. The lowest BCUT2D eigenvalue weighted by molar-refractivity contribution is 0.207. The first-order valence-electron chi connectivity index (χ1n) is 5.82. The minimum atomic E-state index is 0.496. The summed E-state index contributed by atoms with van der Waals surface area (Å²) in [5.41, 5.74) is 8.73. The molecule has 0 bridgehead atoms. The molecule has 0 saturated heterocycles. The minimum absolute atomic E-state index is 0.496. The van der Waals surface area contributed by atoms with Crippen LogP contribution in [-0.4, -0.2) is 24.0 Å². The number of aryl methyl sites for hydroxylation is 1. The van der Waals surface area contributed by atoms with Crippen molar-refractivity contribution >= 4 is 0 Å². The van der Waals surface area contributed by atoms with Crippen molar-refractivity contribution in [3.63, 3.8) is 0 Å². The Morgan fingerprint density at radius 2 is 2.07 bits per heavy atom. The number of nitrogens with two attached hydrogens (primary N) is 1. The van der Waals surface area contributed by atoms with Crippen LogP contribution in [0.3, 0.4) is 0 Å². The van der Waals surface area contributed by atoms with Crippen molar-refractivity contribution in [3.8, 4) is 0 Å². The monoisotopic (exact) mass is 204 g/mol. The van der Waals surface area contributed by atoms with Crippen molar-refractivity contribution in [3.05, 3.63) is 35.4 Å². The van der Waals surface area contributed by atoms with Crippen molar-refractivity contribution < 1.29 is 0 Å². The van der Waals surface area contributed by atoms with Gasteiger partial charge in [0.2, 0.25) is 0 Å². The fourth-order valence-electron chi connectivity index (χ4n) is 2.25. The summed E-state index contributed by atoms with van der Waals surface area (Å²) in [7, 11) is 0. The lowest BCUT2D eigenvalue weighted by Crippen LogP contribution is -2.37. The molecule has 0 saturated carbocycles. The lowest BCUT2D eigenvalue weighted by Gasteiger charge is -2.26. The summed E-state index contributed by atoms with van der Waals surface area (Å²) in [6.45, 7) is 5.21. The van der Waals surface area contributed by atoms with E-state index in [-0.39, 0.29) is 0 Å². The van der Waals surface area contributed by atoms with Gasteiger partial charge < -0.3 is 5.73 Å². The Kier molecular flexibility index (Phi) is 3.39. The van der Waals surface area contributed by atoms with E-state index in [9.17, 15) is 0 Å².